The van der Waals surface area contributed by atoms with Gasteiger partial charge in [-0.1, -0.05) is 20.3 Å². The van der Waals surface area contributed by atoms with E-state index in [9.17, 15) is 0 Å². The minimum Gasteiger partial charge on any atom is -0.368 e. The number of anilines is 1. The van der Waals surface area contributed by atoms with Crippen LogP contribution in [-0.2, 0) is 12.8 Å². The number of hydrogen-bond acceptors (Lipinski definition) is 3. The SMILES string of the molecule is CC(C)C(Cl)CNc1ncnc2c1CCCCC2. The molecular weight excluding hydrogens is 246 g/mol. The van der Waals surface area contributed by atoms with Crippen molar-refractivity contribution in [1.82, 2.24) is 9.97 Å². The lowest BCUT2D eigenvalue weighted by atomic mass is 10.1. The van der Waals surface area contributed by atoms with Crippen LogP contribution in [0.1, 0.15) is 44.4 Å². The van der Waals surface area contributed by atoms with E-state index in [4.69, 9.17) is 11.6 Å². The molecular formula is C14H22ClN3. The summed E-state index contributed by atoms with van der Waals surface area (Å²) in [4.78, 5) is 8.80. The Balaban J connectivity index is 2.08. The quantitative estimate of drug-likeness (QED) is 0.671. The molecule has 4 heteroatoms. The summed E-state index contributed by atoms with van der Waals surface area (Å²) in [5.41, 5.74) is 2.53. The number of rotatable bonds is 4. The number of fused-ring (bicyclic) bond motifs is 1. The van der Waals surface area contributed by atoms with Crippen molar-refractivity contribution in [2.24, 2.45) is 5.92 Å². The van der Waals surface area contributed by atoms with Crippen molar-refractivity contribution < 1.29 is 0 Å². The highest BCUT2D eigenvalue weighted by atomic mass is 35.5. The summed E-state index contributed by atoms with van der Waals surface area (Å²) in [6, 6.07) is 0. The third-order valence-corrected chi connectivity index (χ3v) is 4.22. The first-order valence-corrected chi connectivity index (χ1v) is 7.33. The summed E-state index contributed by atoms with van der Waals surface area (Å²) < 4.78 is 0. The number of halogens is 1. The van der Waals surface area contributed by atoms with Crippen molar-refractivity contribution in [3.05, 3.63) is 17.6 Å². The van der Waals surface area contributed by atoms with Gasteiger partial charge in [0.1, 0.15) is 12.1 Å². The van der Waals surface area contributed by atoms with Crippen molar-refractivity contribution in [1.29, 1.82) is 0 Å². The molecule has 18 heavy (non-hydrogen) atoms. The lowest BCUT2D eigenvalue weighted by Crippen LogP contribution is -2.21. The number of alkyl halides is 1. The zero-order chi connectivity index (χ0) is 13.0. The Kier molecular flexibility index (Phi) is 4.81. The molecule has 0 saturated heterocycles. The zero-order valence-corrected chi connectivity index (χ0v) is 12.0. The van der Waals surface area contributed by atoms with Gasteiger partial charge in [0.15, 0.2) is 0 Å². The zero-order valence-electron chi connectivity index (χ0n) is 11.2. The molecule has 0 bridgehead atoms. The van der Waals surface area contributed by atoms with Crippen molar-refractivity contribution in [2.45, 2.75) is 51.3 Å². The normalized spacial score (nSPS) is 17.1. The molecule has 1 atom stereocenters. The first kappa shape index (κ1) is 13.6. The van der Waals surface area contributed by atoms with E-state index in [2.05, 4.69) is 29.1 Å². The van der Waals surface area contributed by atoms with Crippen LogP contribution in [0.4, 0.5) is 5.82 Å². The predicted molar refractivity (Wildman–Crippen MR) is 76.3 cm³/mol. The van der Waals surface area contributed by atoms with Gasteiger partial charge < -0.3 is 5.32 Å². The Morgan fingerprint density at radius 3 is 2.78 bits per heavy atom. The molecule has 1 heterocycles. The van der Waals surface area contributed by atoms with Crippen LogP contribution in [0.15, 0.2) is 6.33 Å². The van der Waals surface area contributed by atoms with Gasteiger partial charge >= 0.3 is 0 Å². The minimum atomic E-state index is 0.140. The second-order valence-electron chi connectivity index (χ2n) is 5.35. The maximum absolute atomic E-state index is 6.28. The second-order valence-corrected chi connectivity index (χ2v) is 5.91. The van der Waals surface area contributed by atoms with Gasteiger partial charge in [-0.2, -0.15) is 0 Å². The summed E-state index contributed by atoms with van der Waals surface area (Å²) in [6.45, 7) is 5.04. The maximum Gasteiger partial charge on any atom is 0.132 e. The highest BCUT2D eigenvalue weighted by Gasteiger charge is 2.15. The molecule has 0 spiro atoms. The van der Waals surface area contributed by atoms with Crippen LogP contribution in [0.25, 0.3) is 0 Å². The monoisotopic (exact) mass is 267 g/mol. The van der Waals surface area contributed by atoms with Crippen molar-refractivity contribution in [3.8, 4) is 0 Å². The Labute approximate surface area is 114 Å². The molecule has 1 aliphatic carbocycles. The Hall–Kier alpha value is -0.830. The van der Waals surface area contributed by atoms with Crippen LogP contribution in [0.3, 0.4) is 0 Å². The number of nitrogens with zero attached hydrogens (tertiary/aromatic N) is 2. The molecule has 100 valence electrons. The van der Waals surface area contributed by atoms with E-state index >= 15 is 0 Å². The van der Waals surface area contributed by atoms with E-state index in [1.807, 2.05) is 0 Å². The summed E-state index contributed by atoms with van der Waals surface area (Å²) >= 11 is 6.28. The average molecular weight is 268 g/mol. The van der Waals surface area contributed by atoms with Gasteiger partial charge in [0, 0.05) is 17.8 Å². The Morgan fingerprint density at radius 1 is 1.22 bits per heavy atom. The lowest BCUT2D eigenvalue weighted by molar-refractivity contribution is 0.615. The molecule has 0 radical (unpaired) electrons. The molecule has 1 aromatic heterocycles. The molecule has 0 saturated carbocycles. The molecule has 0 amide bonds. The Bertz CT molecular complexity index is 393. The number of nitrogens with one attached hydrogen (secondary N) is 1. The second kappa shape index (κ2) is 6.37. The van der Waals surface area contributed by atoms with Gasteiger partial charge in [-0.05, 0) is 31.6 Å². The fourth-order valence-electron chi connectivity index (χ4n) is 2.28. The third-order valence-electron chi connectivity index (χ3n) is 3.56. The van der Waals surface area contributed by atoms with Gasteiger partial charge in [-0.15, -0.1) is 11.6 Å². The summed E-state index contributed by atoms with van der Waals surface area (Å²) in [6.07, 6.45) is 7.62. The van der Waals surface area contributed by atoms with Gasteiger partial charge in [0.25, 0.3) is 0 Å². The van der Waals surface area contributed by atoms with Crippen LogP contribution in [0.2, 0.25) is 0 Å². The smallest absolute Gasteiger partial charge is 0.132 e. The van der Waals surface area contributed by atoms with E-state index in [0.717, 1.165) is 25.2 Å². The fraction of sp³-hybridized carbons (Fsp3) is 0.714. The molecule has 0 aromatic carbocycles. The van der Waals surface area contributed by atoms with Crippen LogP contribution < -0.4 is 5.32 Å². The largest absolute Gasteiger partial charge is 0.368 e. The van der Waals surface area contributed by atoms with E-state index in [1.165, 1.54) is 30.5 Å². The Morgan fingerprint density at radius 2 is 2.00 bits per heavy atom. The van der Waals surface area contributed by atoms with E-state index in [-0.39, 0.29) is 5.38 Å². The van der Waals surface area contributed by atoms with Crippen LogP contribution in [0.5, 0.6) is 0 Å². The summed E-state index contributed by atoms with van der Waals surface area (Å²) in [7, 11) is 0. The maximum atomic E-state index is 6.28. The molecule has 0 aliphatic heterocycles. The molecule has 1 aromatic rings. The van der Waals surface area contributed by atoms with Crippen molar-refractivity contribution in [2.75, 3.05) is 11.9 Å². The van der Waals surface area contributed by atoms with Crippen LogP contribution in [0, 0.1) is 5.92 Å². The lowest BCUT2D eigenvalue weighted by Gasteiger charge is -2.17. The molecule has 2 rings (SSSR count). The molecule has 3 nitrogen and oxygen atoms in total. The van der Waals surface area contributed by atoms with Gasteiger partial charge in [0.2, 0.25) is 0 Å². The fourth-order valence-corrected chi connectivity index (χ4v) is 2.36. The van der Waals surface area contributed by atoms with Crippen molar-refractivity contribution in [3.63, 3.8) is 0 Å². The average Bonchev–Trinajstić information content (AvgIpc) is 2.61. The number of aromatic nitrogens is 2. The van der Waals surface area contributed by atoms with E-state index < -0.39 is 0 Å². The van der Waals surface area contributed by atoms with Crippen LogP contribution >= 0.6 is 11.6 Å². The molecule has 0 fully saturated rings. The van der Waals surface area contributed by atoms with Gasteiger partial charge in [-0.25, -0.2) is 9.97 Å². The van der Waals surface area contributed by atoms with Crippen molar-refractivity contribution >= 4 is 17.4 Å². The first-order valence-electron chi connectivity index (χ1n) is 6.89. The van der Waals surface area contributed by atoms with Gasteiger partial charge in [0.05, 0.1) is 5.38 Å². The first-order chi connectivity index (χ1) is 8.68. The number of hydrogen-bond donors (Lipinski definition) is 1. The van der Waals surface area contributed by atoms with E-state index in [0.29, 0.717) is 5.92 Å². The highest BCUT2D eigenvalue weighted by Crippen LogP contribution is 2.24. The summed E-state index contributed by atoms with van der Waals surface area (Å²) in [5, 5.41) is 3.54. The molecule has 1 aliphatic rings. The third kappa shape index (κ3) is 3.35. The number of aryl methyl sites for hydroxylation is 1. The topological polar surface area (TPSA) is 37.8 Å². The molecule has 1 N–H and O–H groups in total. The highest BCUT2D eigenvalue weighted by molar-refractivity contribution is 6.21. The molecule has 1 unspecified atom stereocenters. The van der Waals surface area contributed by atoms with Gasteiger partial charge in [-0.3, -0.25) is 0 Å². The minimum absolute atomic E-state index is 0.140. The summed E-state index contributed by atoms with van der Waals surface area (Å²) in [5.74, 6) is 1.47. The van der Waals surface area contributed by atoms with E-state index in [1.54, 1.807) is 6.33 Å². The predicted octanol–water partition coefficient (Wildman–Crippen LogP) is 3.42. The standard InChI is InChI=1S/C14H22ClN3/c1-10(2)12(15)8-16-14-11-6-4-3-5-7-13(11)17-9-18-14/h9-10,12H,3-8H2,1-2H3,(H,16,17,18). The van der Waals surface area contributed by atoms with Crippen LogP contribution in [-0.4, -0.2) is 21.9 Å².